The van der Waals surface area contributed by atoms with Crippen molar-refractivity contribution in [3.63, 3.8) is 0 Å². The molecule has 11 aromatic carbocycles. The van der Waals surface area contributed by atoms with E-state index in [9.17, 15) is 0 Å². The molecule has 308 valence electrons. The van der Waals surface area contributed by atoms with Gasteiger partial charge in [-0.3, -0.25) is 0 Å². The summed E-state index contributed by atoms with van der Waals surface area (Å²) in [6.45, 7) is 4.75. The van der Waals surface area contributed by atoms with Crippen molar-refractivity contribution in [1.82, 2.24) is 0 Å². The molecule has 0 amide bonds. The Labute approximate surface area is 380 Å². The fourth-order valence-corrected chi connectivity index (χ4v) is 10.3. The average molecular weight is 831 g/mol. The van der Waals surface area contributed by atoms with Gasteiger partial charge < -0.3 is 9.80 Å². The maximum atomic E-state index is 2.56. The van der Waals surface area contributed by atoms with Gasteiger partial charge in [0.05, 0.1) is 17.1 Å². The molecule has 0 bridgehead atoms. The molecule has 0 radical (unpaired) electrons. The van der Waals surface area contributed by atoms with Crippen LogP contribution in [0.15, 0.2) is 243 Å². The Morgan fingerprint density at radius 1 is 0.323 bits per heavy atom. The van der Waals surface area contributed by atoms with Gasteiger partial charge in [-0.25, -0.2) is 0 Å². The minimum atomic E-state index is -0.267. The third kappa shape index (κ3) is 6.57. The van der Waals surface area contributed by atoms with Crippen LogP contribution in [0.1, 0.15) is 25.0 Å². The molecule has 0 spiro atoms. The van der Waals surface area contributed by atoms with Crippen LogP contribution in [0.3, 0.4) is 0 Å². The molecule has 0 aromatic heterocycles. The van der Waals surface area contributed by atoms with E-state index in [0.717, 1.165) is 17.1 Å². The van der Waals surface area contributed by atoms with Crippen molar-refractivity contribution < 1.29 is 0 Å². The van der Waals surface area contributed by atoms with Gasteiger partial charge in [0.1, 0.15) is 0 Å². The van der Waals surface area contributed by atoms with Crippen LogP contribution in [0.5, 0.6) is 0 Å². The first-order valence-electron chi connectivity index (χ1n) is 22.6. The summed E-state index contributed by atoms with van der Waals surface area (Å²) in [6.07, 6.45) is 0. The van der Waals surface area contributed by atoms with Crippen molar-refractivity contribution in [2.75, 3.05) is 9.80 Å². The van der Waals surface area contributed by atoms with Crippen molar-refractivity contribution in [2.24, 2.45) is 0 Å². The predicted molar refractivity (Wildman–Crippen MR) is 277 cm³/mol. The van der Waals surface area contributed by atoms with Crippen molar-refractivity contribution in [2.45, 2.75) is 19.3 Å². The first-order chi connectivity index (χ1) is 32.0. The van der Waals surface area contributed by atoms with Crippen molar-refractivity contribution in [3.8, 4) is 33.4 Å². The Kier molecular flexibility index (Phi) is 9.21. The van der Waals surface area contributed by atoms with E-state index in [1.54, 1.807) is 0 Å². The Balaban J connectivity index is 1.08. The molecule has 65 heavy (non-hydrogen) atoms. The summed E-state index contributed by atoms with van der Waals surface area (Å²) in [5.74, 6) is 0. The van der Waals surface area contributed by atoms with Gasteiger partial charge in [0.25, 0.3) is 0 Å². The molecule has 2 heteroatoms. The lowest BCUT2D eigenvalue weighted by Crippen LogP contribution is -2.31. The minimum Gasteiger partial charge on any atom is -0.310 e. The molecule has 0 unspecified atom stereocenters. The second kappa shape index (κ2) is 15.6. The van der Waals surface area contributed by atoms with E-state index in [4.69, 9.17) is 0 Å². The van der Waals surface area contributed by atoms with E-state index in [1.165, 1.54) is 93.9 Å². The molecule has 11 aromatic rings. The third-order valence-electron chi connectivity index (χ3n) is 13.6. The summed E-state index contributed by atoms with van der Waals surface area (Å²) < 4.78 is 0. The van der Waals surface area contributed by atoms with Crippen LogP contribution in [0.4, 0.5) is 34.1 Å². The van der Waals surface area contributed by atoms with Crippen LogP contribution in [0.25, 0.3) is 65.7 Å². The van der Waals surface area contributed by atoms with Gasteiger partial charge in [-0.05, 0) is 114 Å². The number of nitrogens with zero attached hydrogens (tertiary/aromatic N) is 2. The topological polar surface area (TPSA) is 6.48 Å². The van der Waals surface area contributed by atoms with Crippen LogP contribution in [0.2, 0.25) is 0 Å². The van der Waals surface area contributed by atoms with Gasteiger partial charge in [0.15, 0.2) is 0 Å². The van der Waals surface area contributed by atoms with Gasteiger partial charge >= 0.3 is 0 Å². The van der Waals surface area contributed by atoms with E-state index in [0.29, 0.717) is 0 Å². The molecule has 12 rings (SSSR count). The standard InChI is InChI=1S/C63H46N2/c1-63(2)58-25-12-13-26-60(58)65(62-56-23-11-9-19-47(56)33-39-57(62)50-28-27-44-17-6-7-20-49(44)41-50)61-42-53(38-40-59(61)63)64(51-34-29-45(30-35-51)43-15-4-3-5-16-43)52-36-31-48(32-37-52)55-24-14-21-46-18-8-10-22-54(46)55/h3-42H,1-2H3. The maximum Gasteiger partial charge on any atom is 0.0618 e. The molecular formula is C63H46N2. The molecule has 0 atom stereocenters. The first-order valence-corrected chi connectivity index (χ1v) is 22.6. The highest BCUT2D eigenvalue weighted by Gasteiger charge is 2.38. The molecule has 0 saturated carbocycles. The van der Waals surface area contributed by atoms with Crippen LogP contribution in [-0.2, 0) is 5.41 Å². The van der Waals surface area contributed by atoms with Crippen molar-refractivity contribution in [1.29, 1.82) is 0 Å². The normalized spacial score (nSPS) is 12.9. The number of hydrogen-bond acceptors (Lipinski definition) is 2. The second-order valence-corrected chi connectivity index (χ2v) is 17.7. The predicted octanol–water partition coefficient (Wildman–Crippen LogP) is 17.7. The number of hydrogen-bond donors (Lipinski definition) is 0. The molecule has 1 aliphatic heterocycles. The summed E-state index contributed by atoms with van der Waals surface area (Å²) in [7, 11) is 0. The molecule has 0 aliphatic carbocycles. The fourth-order valence-electron chi connectivity index (χ4n) is 10.3. The Morgan fingerprint density at radius 3 is 1.63 bits per heavy atom. The number of rotatable bonds is 7. The molecule has 1 aliphatic rings. The van der Waals surface area contributed by atoms with Gasteiger partial charge in [-0.1, -0.05) is 208 Å². The third-order valence-corrected chi connectivity index (χ3v) is 13.6. The van der Waals surface area contributed by atoms with Crippen LogP contribution < -0.4 is 9.80 Å². The van der Waals surface area contributed by atoms with Crippen molar-refractivity contribution in [3.05, 3.63) is 254 Å². The quantitative estimate of drug-likeness (QED) is 0.158. The zero-order valence-electron chi connectivity index (χ0n) is 36.5. The molecular weight excluding hydrogens is 785 g/mol. The summed E-state index contributed by atoms with van der Waals surface area (Å²) in [6, 6.07) is 89.2. The maximum absolute atomic E-state index is 2.56. The van der Waals surface area contributed by atoms with Crippen LogP contribution in [0, 0.1) is 0 Å². The summed E-state index contributed by atoms with van der Waals surface area (Å²) in [5, 5.41) is 7.38. The Hall–Kier alpha value is -8.20. The highest BCUT2D eigenvalue weighted by molar-refractivity contribution is 6.08. The molecule has 1 heterocycles. The highest BCUT2D eigenvalue weighted by Crippen LogP contribution is 2.56. The van der Waals surface area contributed by atoms with Gasteiger partial charge in [0, 0.05) is 33.4 Å². The lowest BCUT2D eigenvalue weighted by atomic mass is 9.73. The monoisotopic (exact) mass is 830 g/mol. The minimum absolute atomic E-state index is 0.267. The molecule has 0 N–H and O–H groups in total. The van der Waals surface area contributed by atoms with Crippen LogP contribution in [-0.4, -0.2) is 0 Å². The summed E-state index contributed by atoms with van der Waals surface area (Å²) in [5.41, 5.74) is 16.3. The van der Waals surface area contributed by atoms with Crippen LogP contribution >= 0.6 is 0 Å². The summed E-state index contributed by atoms with van der Waals surface area (Å²) in [4.78, 5) is 4.98. The van der Waals surface area contributed by atoms with E-state index >= 15 is 0 Å². The lowest BCUT2D eigenvalue weighted by molar-refractivity contribution is 0.632. The lowest BCUT2D eigenvalue weighted by Gasteiger charge is -2.43. The van der Waals surface area contributed by atoms with E-state index in [1.807, 2.05) is 0 Å². The number of benzene rings is 11. The first kappa shape index (κ1) is 38.5. The smallest absolute Gasteiger partial charge is 0.0618 e. The second-order valence-electron chi connectivity index (χ2n) is 17.7. The molecule has 2 nitrogen and oxygen atoms in total. The van der Waals surface area contributed by atoms with Crippen molar-refractivity contribution >= 4 is 66.4 Å². The van der Waals surface area contributed by atoms with E-state index in [-0.39, 0.29) is 5.41 Å². The number of anilines is 6. The molecule has 0 saturated heterocycles. The largest absolute Gasteiger partial charge is 0.310 e. The van der Waals surface area contributed by atoms with E-state index < -0.39 is 0 Å². The zero-order valence-corrected chi connectivity index (χ0v) is 36.5. The Bertz CT molecular complexity index is 3560. The highest BCUT2D eigenvalue weighted by atomic mass is 15.2. The van der Waals surface area contributed by atoms with Gasteiger partial charge in [-0.15, -0.1) is 0 Å². The van der Waals surface area contributed by atoms with Gasteiger partial charge in [-0.2, -0.15) is 0 Å². The Morgan fingerprint density at radius 2 is 0.862 bits per heavy atom. The zero-order chi connectivity index (χ0) is 43.5. The fraction of sp³-hybridized carbons (Fsp3) is 0.0476. The van der Waals surface area contributed by atoms with Gasteiger partial charge in [0.2, 0.25) is 0 Å². The molecule has 0 fully saturated rings. The average Bonchev–Trinajstić information content (AvgIpc) is 3.37. The number of fused-ring (bicyclic) bond motifs is 5. The SMILES string of the molecule is CC1(C)c2ccccc2N(c2c(-c3ccc4ccccc4c3)ccc3ccccc23)c2cc(N(c3ccc(-c4ccccc4)cc3)c3ccc(-c4cccc5ccccc45)cc3)ccc21. The summed E-state index contributed by atoms with van der Waals surface area (Å²) >= 11 is 0. The number of para-hydroxylation sites is 1. The van der Waals surface area contributed by atoms with E-state index in [2.05, 4.69) is 266 Å².